The molecule has 8 heteroatoms. The van der Waals surface area contributed by atoms with Crippen LogP contribution in [-0.2, 0) is 14.3 Å². The van der Waals surface area contributed by atoms with Crippen LogP contribution in [0.1, 0.15) is 35.8 Å². The van der Waals surface area contributed by atoms with E-state index in [1.807, 2.05) is 24.3 Å². The van der Waals surface area contributed by atoms with Gasteiger partial charge in [-0.3, -0.25) is 24.5 Å². The molecule has 1 heterocycles. The molecule has 8 nitrogen and oxygen atoms in total. The van der Waals surface area contributed by atoms with Crippen LogP contribution < -0.4 is 0 Å². The second-order valence-corrected chi connectivity index (χ2v) is 7.39. The van der Waals surface area contributed by atoms with Gasteiger partial charge in [-0.15, -0.1) is 0 Å². The summed E-state index contributed by atoms with van der Waals surface area (Å²) in [5, 5.41) is 11.6. The van der Waals surface area contributed by atoms with Gasteiger partial charge in [0.15, 0.2) is 6.61 Å². The summed E-state index contributed by atoms with van der Waals surface area (Å²) in [4.78, 5) is 50.4. The van der Waals surface area contributed by atoms with E-state index in [4.69, 9.17) is 4.74 Å². The van der Waals surface area contributed by atoms with Crippen molar-refractivity contribution in [2.45, 2.75) is 26.7 Å². The smallest absolute Gasteiger partial charge is 0.306 e. The van der Waals surface area contributed by atoms with Crippen LogP contribution in [0.5, 0.6) is 0 Å². The van der Waals surface area contributed by atoms with Crippen LogP contribution in [0.2, 0.25) is 0 Å². The first-order valence-corrected chi connectivity index (χ1v) is 9.18. The Hall–Kier alpha value is -3.03. The molecular weight excluding hydrogens is 364 g/mol. The Balaban J connectivity index is 1.63. The van der Waals surface area contributed by atoms with Crippen molar-refractivity contribution >= 4 is 28.4 Å². The molecule has 1 aromatic heterocycles. The number of ketones is 2. The highest BCUT2D eigenvalue weighted by atomic mass is 16.6. The van der Waals surface area contributed by atoms with Crippen molar-refractivity contribution in [3.63, 3.8) is 0 Å². The molecule has 0 unspecified atom stereocenters. The molecule has 3 atom stereocenters. The van der Waals surface area contributed by atoms with Gasteiger partial charge in [0.1, 0.15) is 5.78 Å². The number of H-pyrrole nitrogens is 1. The maximum Gasteiger partial charge on any atom is 0.306 e. The Morgan fingerprint density at radius 2 is 2.04 bits per heavy atom. The fourth-order valence-corrected chi connectivity index (χ4v) is 4.09. The first-order chi connectivity index (χ1) is 13.3. The number of hydrogen-bond acceptors (Lipinski definition) is 6. The van der Waals surface area contributed by atoms with E-state index in [1.165, 1.54) is 0 Å². The average molecular weight is 386 g/mol. The monoisotopic (exact) mass is 386 g/mol. The van der Waals surface area contributed by atoms with Gasteiger partial charge in [0, 0.05) is 45.3 Å². The molecule has 0 spiro atoms. The lowest BCUT2D eigenvalue weighted by Gasteiger charge is -2.16. The number of carbonyl (C=O) groups is 3. The Morgan fingerprint density at radius 1 is 1.32 bits per heavy atom. The van der Waals surface area contributed by atoms with Crippen molar-refractivity contribution in [2.75, 3.05) is 13.2 Å². The molecule has 28 heavy (non-hydrogen) atoms. The average Bonchev–Trinajstić information content (AvgIpc) is 3.09. The standard InChI is InChI=1S/C20H22N2O6/c1-11-7-17(23)14(15(11)9-22(26)27)8-19(25)28-10-18(24)20-12(2)21-16-6-4-3-5-13(16)20/h3-6,11,14-15,21H,7-10H2,1-2H3/t11-,14-,15-/m1/s1. The van der Waals surface area contributed by atoms with E-state index in [1.54, 1.807) is 13.8 Å². The van der Waals surface area contributed by atoms with Gasteiger partial charge in [0.05, 0.1) is 6.42 Å². The van der Waals surface area contributed by atoms with Crippen LogP contribution in [0.15, 0.2) is 24.3 Å². The number of aromatic amines is 1. The van der Waals surface area contributed by atoms with E-state index in [-0.39, 0.29) is 36.9 Å². The molecular formula is C20H22N2O6. The predicted octanol–water partition coefficient (Wildman–Crippen LogP) is 2.71. The summed E-state index contributed by atoms with van der Waals surface area (Å²) in [5.74, 6) is -2.54. The molecule has 1 saturated carbocycles. The number of fused-ring (bicyclic) bond motifs is 1. The lowest BCUT2D eigenvalue weighted by Crippen LogP contribution is -2.28. The molecule has 1 aliphatic rings. The molecule has 0 saturated heterocycles. The number of para-hydroxylation sites is 1. The van der Waals surface area contributed by atoms with Crippen LogP contribution in [0, 0.1) is 34.8 Å². The summed E-state index contributed by atoms with van der Waals surface area (Å²) < 4.78 is 5.11. The van der Waals surface area contributed by atoms with E-state index in [0.29, 0.717) is 11.3 Å². The van der Waals surface area contributed by atoms with Gasteiger partial charge in [-0.1, -0.05) is 25.1 Å². The number of carbonyl (C=O) groups excluding carboxylic acids is 3. The number of aryl methyl sites for hydroxylation is 1. The highest BCUT2D eigenvalue weighted by Crippen LogP contribution is 2.36. The number of nitro groups is 1. The van der Waals surface area contributed by atoms with E-state index in [9.17, 15) is 24.5 Å². The number of rotatable bonds is 7. The third kappa shape index (κ3) is 3.95. The molecule has 3 rings (SSSR count). The highest BCUT2D eigenvalue weighted by Gasteiger charge is 2.44. The zero-order valence-corrected chi connectivity index (χ0v) is 15.8. The number of benzene rings is 1. The number of hydrogen-bond donors (Lipinski definition) is 1. The van der Waals surface area contributed by atoms with Crippen molar-refractivity contribution < 1.29 is 24.0 Å². The predicted molar refractivity (Wildman–Crippen MR) is 101 cm³/mol. The third-order valence-corrected chi connectivity index (χ3v) is 5.47. The molecule has 0 bridgehead atoms. The van der Waals surface area contributed by atoms with Crippen molar-refractivity contribution in [1.82, 2.24) is 4.98 Å². The molecule has 2 aromatic rings. The number of esters is 1. The van der Waals surface area contributed by atoms with Gasteiger partial charge in [-0.2, -0.15) is 0 Å². The zero-order chi connectivity index (χ0) is 20.4. The minimum absolute atomic E-state index is 0.147. The number of aromatic nitrogens is 1. The highest BCUT2D eigenvalue weighted by molar-refractivity contribution is 6.10. The van der Waals surface area contributed by atoms with E-state index in [2.05, 4.69) is 4.98 Å². The molecule has 148 valence electrons. The van der Waals surface area contributed by atoms with Crippen molar-refractivity contribution in [3.05, 3.63) is 45.6 Å². The molecule has 1 N–H and O–H groups in total. The maximum absolute atomic E-state index is 12.6. The SMILES string of the molecule is Cc1[nH]c2ccccc2c1C(=O)COC(=O)C[C@H]1C(=O)C[C@@H](C)[C@H]1C[N+](=O)[O-]. The number of Topliss-reactive ketones (excluding diaryl/α,β-unsaturated/α-hetero) is 2. The maximum atomic E-state index is 12.6. The van der Waals surface area contributed by atoms with Crippen LogP contribution in [0.25, 0.3) is 10.9 Å². The summed E-state index contributed by atoms with van der Waals surface area (Å²) in [6.45, 7) is 2.77. The second-order valence-electron chi connectivity index (χ2n) is 7.39. The van der Waals surface area contributed by atoms with Crippen molar-refractivity contribution in [1.29, 1.82) is 0 Å². The molecule has 1 aromatic carbocycles. The molecule has 1 aliphatic carbocycles. The van der Waals surface area contributed by atoms with Crippen LogP contribution >= 0.6 is 0 Å². The second kappa shape index (κ2) is 7.92. The molecule has 0 aliphatic heterocycles. The lowest BCUT2D eigenvalue weighted by atomic mass is 9.88. The summed E-state index contributed by atoms with van der Waals surface area (Å²) >= 11 is 0. The van der Waals surface area contributed by atoms with Gasteiger partial charge in [0.25, 0.3) is 0 Å². The van der Waals surface area contributed by atoms with Crippen LogP contribution in [0.4, 0.5) is 0 Å². The quantitative estimate of drug-likeness (QED) is 0.338. The molecule has 0 radical (unpaired) electrons. The number of nitrogens with one attached hydrogen (secondary N) is 1. The fourth-order valence-electron chi connectivity index (χ4n) is 4.09. The zero-order valence-electron chi connectivity index (χ0n) is 15.8. The summed E-state index contributed by atoms with van der Waals surface area (Å²) in [6.07, 6.45) is -0.00819. The Morgan fingerprint density at radius 3 is 2.75 bits per heavy atom. The van der Waals surface area contributed by atoms with Gasteiger partial charge in [0.2, 0.25) is 12.3 Å². The van der Waals surface area contributed by atoms with E-state index in [0.717, 1.165) is 10.9 Å². The largest absolute Gasteiger partial charge is 0.457 e. The van der Waals surface area contributed by atoms with Crippen molar-refractivity contribution in [2.24, 2.45) is 17.8 Å². The summed E-state index contributed by atoms with van der Waals surface area (Å²) in [6, 6.07) is 7.34. The van der Waals surface area contributed by atoms with E-state index < -0.39 is 29.3 Å². The Labute approximate surface area is 161 Å². The third-order valence-electron chi connectivity index (χ3n) is 5.47. The first-order valence-electron chi connectivity index (χ1n) is 9.18. The van der Waals surface area contributed by atoms with Crippen molar-refractivity contribution in [3.8, 4) is 0 Å². The Kier molecular flexibility index (Phi) is 5.58. The fraction of sp³-hybridized carbons (Fsp3) is 0.450. The van der Waals surface area contributed by atoms with Gasteiger partial charge >= 0.3 is 5.97 Å². The summed E-state index contributed by atoms with van der Waals surface area (Å²) in [5.41, 5.74) is 1.98. The molecule has 1 fully saturated rings. The Bertz CT molecular complexity index is 947. The van der Waals surface area contributed by atoms with E-state index >= 15 is 0 Å². The van der Waals surface area contributed by atoms with Gasteiger partial charge in [-0.25, -0.2) is 0 Å². The topological polar surface area (TPSA) is 119 Å². The molecule has 0 amide bonds. The van der Waals surface area contributed by atoms with Crippen LogP contribution in [0.3, 0.4) is 0 Å². The van der Waals surface area contributed by atoms with Gasteiger partial charge in [-0.05, 0) is 18.9 Å². The minimum Gasteiger partial charge on any atom is -0.457 e. The van der Waals surface area contributed by atoms with Crippen LogP contribution in [-0.4, -0.2) is 40.6 Å². The lowest BCUT2D eigenvalue weighted by molar-refractivity contribution is -0.490. The summed E-state index contributed by atoms with van der Waals surface area (Å²) in [7, 11) is 0. The normalized spacial score (nSPS) is 21.8. The van der Waals surface area contributed by atoms with Gasteiger partial charge < -0.3 is 9.72 Å². The first kappa shape index (κ1) is 19.7. The minimum atomic E-state index is -0.724. The number of ether oxygens (including phenoxy) is 1. The number of nitrogens with zero attached hydrogens (tertiary/aromatic N) is 1.